The maximum atomic E-state index is 13.7. The highest BCUT2D eigenvalue weighted by Gasteiger charge is 2.15. The highest BCUT2D eigenvalue weighted by atomic mass is 32.2. The third-order valence-electron chi connectivity index (χ3n) is 4.38. The fraction of sp³-hybridized carbons (Fsp3) is 0.588. The second-order valence-corrected chi connectivity index (χ2v) is 8.37. The van der Waals surface area contributed by atoms with E-state index in [-0.39, 0.29) is 16.5 Å². The van der Waals surface area contributed by atoms with Gasteiger partial charge in [-0.3, -0.25) is 4.79 Å². The van der Waals surface area contributed by atoms with Gasteiger partial charge in [0, 0.05) is 12.7 Å². The van der Waals surface area contributed by atoms with Crippen LogP contribution >= 0.6 is 0 Å². The van der Waals surface area contributed by atoms with Crippen molar-refractivity contribution < 1.29 is 17.6 Å². The van der Waals surface area contributed by atoms with Crippen LogP contribution in [0.15, 0.2) is 23.1 Å². The SMILES string of the molecule is CS(=O)(=O)c1ccc(F)c(NC(=O)CCCC2CCCCC2)c1. The molecule has 0 saturated heterocycles. The molecule has 1 fully saturated rings. The van der Waals surface area contributed by atoms with Gasteiger partial charge in [-0.05, 0) is 37.0 Å². The Hall–Kier alpha value is -1.43. The Balaban J connectivity index is 1.87. The van der Waals surface area contributed by atoms with Crippen molar-refractivity contribution in [3.05, 3.63) is 24.0 Å². The zero-order valence-electron chi connectivity index (χ0n) is 13.5. The van der Waals surface area contributed by atoms with Crippen LogP contribution in [0, 0.1) is 11.7 Å². The van der Waals surface area contributed by atoms with Gasteiger partial charge < -0.3 is 5.32 Å². The molecule has 1 aliphatic carbocycles. The molecule has 128 valence electrons. The Morgan fingerprint density at radius 3 is 2.61 bits per heavy atom. The lowest BCUT2D eigenvalue weighted by atomic mass is 9.86. The molecule has 1 aliphatic rings. The number of nitrogens with one attached hydrogen (secondary N) is 1. The number of amides is 1. The van der Waals surface area contributed by atoms with Gasteiger partial charge in [-0.15, -0.1) is 0 Å². The summed E-state index contributed by atoms with van der Waals surface area (Å²) in [6, 6.07) is 3.43. The van der Waals surface area contributed by atoms with Gasteiger partial charge in [-0.1, -0.05) is 32.1 Å². The minimum atomic E-state index is -3.43. The number of anilines is 1. The Kier molecular flexibility index (Phi) is 6.16. The second-order valence-electron chi connectivity index (χ2n) is 6.36. The van der Waals surface area contributed by atoms with Gasteiger partial charge >= 0.3 is 0 Å². The molecule has 0 unspecified atom stereocenters. The van der Waals surface area contributed by atoms with E-state index in [1.807, 2.05) is 0 Å². The second kappa shape index (κ2) is 7.90. The van der Waals surface area contributed by atoms with Crippen molar-refractivity contribution in [3.63, 3.8) is 0 Å². The summed E-state index contributed by atoms with van der Waals surface area (Å²) in [5.41, 5.74) is -0.0735. The summed E-state index contributed by atoms with van der Waals surface area (Å²) in [5, 5.41) is 2.48. The fourth-order valence-corrected chi connectivity index (χ4v) is 3.72. The van der Waals surface area contributed by atoms with Gasteiger partial charge in [0.05, 0.1) is 10.6 Å². The smallest absolute Gasteiger partial charge is 0.224 e. The van der Waals surface area contributed by atoms with Crippen LogP contribution in [0.3, 0.4) is 0 Å². The fourth-order valence-electron chi connectivity index (χ4n) is 3.07. The summed E-state index contributed by atoms with van der Waals surface area (Å²) >= 11 is 0. The molecule has 1 N–H and O–H groups in total. The number of sulfone groups is 1. The molecule has 4 nitrogen and oxygen atoms in total. The van der Waals surface area contributed by atoms with Crippen molar-refractivity contribution in [2.24, 2.45) is 5.92 Å². The van der Waals surface area contributed by atoms with Gasteiger partial charge in [-0.25, -0.2) is 12.8 Å². The first-order chi connectivity index (χ1) is 10.9. The van der Waals surface area contributed by atoms with Crippen LogP contribution < -0.4 is 5.32 Å². The molecule has 1 aromatic rings. The van der Waals surface area contributed by atoms with Gasteiger partial charge in [0.25, 0.3) is 0 Å². The van der Waals surface area contributed by atoms with E-state index in [1.54, 1.807) is 0 Å². The standard InChI is InChI=1S/C17H24FNO3S/c1-23(21,22)14-10-11-15(18)16(12-14)19-17(20)9-5-8-13-6-3-2-4-7-13/h10-13H,2-9H2,1H3,(H,19,20). The van der Waals surface area contributed by atoms with E-state index in [0.29, 0.717) is 12.3 Å². The predicted molar refractivity (Wildman–Crippen MR) is 88.6 cm³/mol. The highest BCUT2D eigenvalue weighted by Crippen LogP contribution is 2.28. The van der Waals surface area contributed by atoms with Crippen molar-refractivity contribution in [2.75, 3.05) is 11.6 Å². The molecule has 0 spiro atoms. The van der Waals surface area contributed by atoms with E-state index < -0.39 is 15.7 Å². The summed E-state index contributed by atoms with van der Waals surface area (Å²) < 4.78 is 36.7. The number of carbonyl (C=O) groups excluding carboxylic acids is 1. The Morgan fingerprint density at radius 2 is 1.96 bits per heavy atom. The van der Waals surface area contributed by atoms with E-state index in [9.17, 15) is 17.6 Å². The van der Waals surface area contributed by atoms with E-state index >= 15 is 0 Å². The Bertz CT molecular complexity index is 652. The molecule has 0 aliphatic heterocycles. The van der Waals surface area contributed by atoms with Crippen LogP contribution in [-0.4, -0.2) is 20.6 Å². The quantitative estimate of drug-likeness (QED) is 0.798. The molecule has 2 rings (SSSR count). The summed E-state index contributed by atoms with van der Waals surface area (Å²) in [5.74, 6) is -0.190. The molecule has 0 bridgehead atoms. The van der Waals surface area contributed by atoms with Crippen LogP contribution in [-0.2, 0) is 14.6 Å². The molecule has 0 aromatic heterocycles. The van der Waals surface area contributed by atoms with E-state index in [0.717, 1.165) is 25.2 Å². The highest BCUT2D eigenvalue weighted by molar-refractivity contribution is 7.90. The predicted octanol–water partition coefficient (Wildman–Crippen LogP) is 3.92. The summed E-state index contributed by atoms with van der Waals surface area (Å²) in [7, 11) is -3.43. The minimum Gasteiger partial charge on any atom is -0.324 e. The lowest BCUT2D eigenvalue weighted by Gasteiger charge is -2.21. The van der Waals surface area contributed by atoms with Gasteiger partial charge in [0.1, 0.15) is 5.82 Å². The molecule has 0 heterocycles. The number of halogens is 1. The van der Waals surface area contributed by atoms with Gasteiger partial charge in [0.15, 0.2) is 9.84 Å². The topological polar surface area (TPSA) is 63.2 Å². The molecule has 23 heavy (non-hydrogen) atoms. The first kappa shape index (κ1) is 17.9. The Labute approximate surface area is 137 Å². The molecular weight excluding hydrogens is 317 g/mol. The van der Waals surface area contributed by atoms with Gasteiger partial charge in [0.2, 0.25) is 5.91 Å². The molecule has 0 radical (unpaired) electrons. The molecule has 1 amide bonds. The summed E-state index contributed by atoms with van der Waals surface area (Å²) in [6.07, 6.45) is 9.55. The zero-order chi connectivity index (χ0) is 16.9. The largest absolute Gasteiger partial charge is 0.324 e. The Morgan fingerprint density at radius 1 is 1.26 bits per heavy atom. The van der Waals surface area contributed by atoms with Crippen LogP contribution in [0.2, 0.25) is 0 Å². The van der Waals surface area contributed by atoms with Crippen molar-refractivity contribution in [1.82, 2.24) is 0 Å². The number of benzene rings is 1. The van der Waals surface area contributed by atoms with E-state index in [2.05, 4.69) is 5.32 Å². The summed E-state index contributed by atoms with van der Waals surface area (Å²) in [4.78, 5) is 11.9. The average molecular weight is 341 g/mol. The van der Waals surface area contributed by atoms with Crippen molar-refractivity contribution in [1.29, 1.82) is 0 Å². The molecular formula is C17H24FNO3S. The normalized spacial score (nSPS) is 16.3. The maximum Gasteiger partial charge on any atom is 0.224 e. The maximum absolute atomic E-state index is 13.7. The van der Waals surface area contributed by atoms with Crippen molar-refractivity contribution in [3.8, 4) is 0 Å². The average Bonchev–Trinajstić information content (AvgIpc) is 2.49. The first-order valence-electron chi connectivity index (χ1n) is 8.16. The summed E-state index contributed by atoms with van der Waals surface area (Å²) in [6.45, 7) is 0. The number of carbonyl (C=O) groups is 1. The van der Waals surface area contributed by atoms with E-state index in [4.69, 9.17) is 0 Å². The molecule has 1 aromatic carbocycles. The number of rotatable bonds is 6. The minimum absolute atomic E-state index is 0.00333. The van der Waals surface area contributed by atoms with E-state index in [1.165, 1.54) is 44.2 Å². The molecule has 1 saturated carbocycles. The van der Waals surface area contributed by atoms with Crippen molar-refractivity contribution >= 4 is 21.4 Å². The monoisotopic (exact) mass is 341 g/mol. The lowest BCUT2D eigenvalue weighted by Crippen LogP contribution is -2.14. The zero-order valence-corrected chi connectivity index (χ0v) is 14.3. The van der Waals surface area contributed by atoms with Crippen LogP contribution in [0.1, 0.15) is 51.4 Å². The third kappa shape index (κ3) is 5.61. The first-order valence-corrected chi connectivity index (χ1v) is 10.0. The third-order valence-corrected chi connectivity index (χ3v) is 5.49. The van der Waals surface area contributed by atoms with Crippen LogP contribution in [0.5, 0.6) is 0 Å². The molecule has 0 atom stereocenters. The van der Waals surface area contributed by atoms with Crippen LogP contribution in [0.4, 0.5) is 10.1 Å². The number of hydrogen-bond donors (Lipinski definition) is 1. The van der Waals surface area contributed by atoms with Crippen molar-refractivity contribution in [2.45, 2.75) is 56.3 Å². The molecule has 6 heteroatoms. The van der Waals surface area contributed by atoms with Gasteiger partial charge in [-0.2, -0.15) is 0 Å². The lowest BCUT2D eigenvalue weighted by molar-refractivity contribution is -0.116. The van der Waals surface area contributed by atoms with Crippen LogP contribution in [0.25, 0.3) is 0 Å². The number of hydrogen-bond acceptors (Lipinski definition) is 3.